The third-order valence-electron chi connectivity index (χ3n) is 8.32. The monoisotopic (exact) mass is 568 g/mol. The van der Waals surface area contributed by atoms with Crippen LogP contribution in [0.5, 0.6) is 5.75 Å². The van der Waals surface area contributed by atoms with Crippen LogP contribution in [0, 0.1) is 34.0 Å². The Hall–Kier alpha value is -4.81. The molecule has 0 spiro atoms. The van der Waals surface area contributed by atoms with E-state index < -0.39 is 92.8 Å². The molecule has 1 aromatic carbocycles. The van der Waals surface area contributed by atoms with Crippen molar-refractivity contribution in [3.8, 4) is 11.8 Å². The van der Waals surface area contributed by atoms with E-state index in [1.165, 1.54) is 32.3 Å². The standard InChI is InChI=1S/C24H25N9O8/c1-7(34)41-21-23(28)12(14(36)10-8(16(23)26)4-5-9(13(10)35)31-32-30)19(39)22(6-25)18(38)11(20(27)40)15(37)17(33(2)3)24(21,22)29/h4-5,11-12,16-17,21,30H,26,28-29H2,1-3H3,(H2,27,40)/p+1/t11?,12?,16-,17+,21-,22-,23+,24-/m0/s1. The molecular formula is C24H26N9O8+. The first-order valence-corrected chi connectivity index (χ1v) is 12.0. The molecule has 0 aliphatic heterocycles. The minimum absolute atomic E-state index is 0.155. The van der Waals surface area contributed by atoms with Crippen LogP contribution in [0.25, 0.3) is 5.08 Å². The number of hydrogen-bond donors (Lipinski definition) is 6. The third kappa shape index (κ3) is 3.25. The lowest BCUT2D eigenvalue weighted by atomic mass is 9.41. The predicted octanol–water partition coefficient (Wildman–Crippen LogP) is -3.01. The van der Waals surface area contributed by atoms with Gasteiger partial charge in [0.05, 0.1) is 29.3 Å². The van der Waals surface area contributed by atoms with Gasteiger partial charge in [0.1, 0.15) is 17.6 Å². The molecule has 8 atom stereocenters. The van der Waals surface area contributed by atoms with Gasteiger partial charge in [-0.15, -0.1) is 0 Å². The van der Waals surface area contributed by atoms with E-state index in [1.807, 2.05) is 5.43 Å². The minimum atomic E-state index is -3.19. The Balaban J connectivity index is 2.18. The lowest BCUT2D eigenvalue weighted by Crippen LogP contribution is -2.92. The second-order valence-electron chi connectivity index (χ2n) is 10.5. The van der Waals surface area contributed by atoms with E-state index in [0.29, 0.717) is 0 Å². The molecule has 17 nitrogen and oxygen atoms in total. The van der Waals surface area contributed by atoms with E-state index in [0.717, 1.165) is 11.8 Å². The van der Waals surface area contributed by atoms with Gasteiger partial charge in [-0.3, -0.25) is 33.7 Å². The van der Waals surface area contributed by atoms with Crippen LogP contribution in [0.1, 0.15) is 28.9 Å². The second kappa shape index (κ2) is 9.11. The molecule has 0 saturated heterocycles. The fourth-order valence-electron chi connectivity index (χ4n) is 6.74. The zero-order valence-electron chi connectivity index (χ0n) is 21.9. The smallest absolute Gasteiger partial charge is 0.308 e. The number of amides is 1. The highest BCUT2D eigenvalue weighted by Crippen LogP contribution is 2.59. The summed E-state index contributed by atoms with van der Waals surface area (Å²) >= 11 is 0. The van der Waals surface area contributed by atoms with Crippen molar-refractivity contribution in [1.29, 1.82) is 10.7 Å². The number of aromatic hydroxyl groups is 1. The van der Waals surface area contributed by atoms with Crippen molar-refractivity contribution >= 4 is 40.7 Å². The molecule has 4 rings (SSSR count). The predicted molar refractivity (Wildman–Crippen MR) is 134 cm³/mol. The number of phenolic OH excluding ortho intramolecular Hbond substituents is 1. The number of fused-ring (bicyclic) bond motifs is 3. The number of benzene rings is 1. The normalized spacial score (nSPS) is 35.9. The molecule has 0 heterocycles. The number of hydrogen-bond acceptors (Lipinski definition) is 15. The number of Topliss-reactive ketones (excluding diaryl/α,β-unsaturated/α-hetero) is 4. The van der Waals surface area contributed by atoms with Gasteiger partial charge in [0.2, 0.25) is 5.91 Å². The number of rotatable bonds is 4. The van der Waals surface area contributed by atoms with Crippen LogP contribution in [0.15, 0.2) is 12.1 Å². The highest BCUT2D eigenvalue weighted by Gasteiger charge is 2.84. The Kier molecular flexibility index (Phi) is 6.48. The summed E-state index contributed by atoms with van der Waals surface area (Å²) < 4.78 is 5.52. The van der Waals surface area contributed by atoms with Crippen molar-refractivity contribution in [2.24, 2.45) is 40.2 Å². The molecule has 214 valence electrons. The summed E-state index contributed by atoms with van der Waals surface area (Å²) in [5, 5.41) is 32.9. The van der Waals surface area contributed by atoms with Crippen molar-refractivity contribution in [3.05, 3.63) is 28.3 Å². The number of esters is 1. The molecule has 17 heteroatoms. The number of nitrogens with zero attached hydrogens (tertiary/aromatic N) is 4. The second-order valence-corrected chi connectivity index (χ2v) is 10.5. The molecule has 2 unspecified atom stereocenters. The van der Waals surface area contributed by atoms with Crippen LogP contribution >= 0.6 is 0 Å². The molecule has 0 aromatic heterocycles. The van der Waals surface area contributed by atoms with E-state index in [2.05, 4.69) is 5.08 Å². The molecule has 41 heavy (non-hydrogen) atoms. The van der Waals surface area contributed by atoms with Gasteiger partial charge in [0, 0.05) is 6.92 Å². The maximum absolute atomic E-state index is 14.5. The summed E-state index contributed by atoms with van der Waals surface area (Å²) in [7, 11) is 2.58. The lowest BCUT2D eigenvalue weighted by molar-refractivity contribution is -0.194. The van der Waals surface area contributed by atoms with Crippen molar-refractivity contribution in [2.45, 2.75) is 36.2 Å². The number of carbonyl (C=O) groups is 6. The molecular weight excluding hydrogens is 542 g/mol. The quantitative estimate of drug-likeness (QED) is 0.0692. The van der Waals surface area contributed by atoms with Crippen molar-refractivity contribution in [1.82, 2.24) is 4.90 Å². The van der Waals surface area contributed by atoms with E-state index in [1.54, 1.807) is 0 Å². The first-order valence-electron chi connectivity index (χ1n) is 12.0. The Morgan fingerprint density at radius 1 is 1.17 bits per heavy atom. The number of nitrogens with two attached hydrogens (primary N) is 4. The molecule has 10 N–H and O–H groups in total. The fraction of sp³-hybridized carbons (Fsp3) is 0.458. The highest BCUT2D eigenvalue weighted by atomic mass is 16.5. The summed E-state index contributed by atoms with van der Waals surface area (Å²) in [6.45, 7) is 0.918. The number of likely N-dealkylation sites (N-methyl/N-ethyl adjacent to an activating group) is 1. The highest BCUT2D eigenvalue weighted by molar-refractivity contribution is 6.33. The number of anilines is 1. The average molecular weight is 569 g/mol. The van der Waals surface area contributed by atoms with Gasteiger partial charge < -0.3 is 32.8 Å². The van der Waals surface area contributed by atoms with Crippen molar-refractivity contribution in [2.75, 3.05) is 19.5 Å². The Bertz CT molecular complexity index is 1550. The molecule has 2 fully saturated rings. The van der Waals surface area contributed by atoms with E-state index >= 15 is 0 Å². The summed E-state index contributed by atoms with van der Waals surface area (Å²) in [5.74, 6) is -13.6. The number of ether oxygens (including phenoxy) is 1. The van der Waals surface area contributed by atoms with Gasteiger partial charge in [-0.25, -0.2) is 0 Å². The van der Waals surface area contributed by atoms with Crippen molar-refractivity contribution in [3.63, 3.8) is 0 Å². The largest absolute Gasteiger partial charge is 0.505 e. The number of carbonyl (C=O) groups excluding carboxylic acids is 6. The first-order chi connectivity index (χ1) is 19.0. The summed E-state index contributed by atoms with van der Waals surface area (Å²) in [6.07, 6.45) is -2.15. The summed E-state index contributed by atoms with van der Waals surface area (Å²) in [6, 6.07) is 0.403. The van der Waals surface area contributed by atoms with Crippen LogP contribution in [0.4, 0.5) is 5.69 Å². The SMILES string of the molecule is CC(=O)O[C@H]1[C@@]2(N)C(C(=O)c3c(ccc(N[N+]#N)c3O)[C@@H]2N)C(=O)[C@]2(C#N)C(=O)C(C(N)=O)C(=O)[C@@H](N(C)C)[C@]12N. The summed E-state index contributed by atoms with van der Waals surface area (Å²) in [5.41, 5.74) is 18.0. The van der Waals surface area contributed by atoms with Crippen LogP contribution in [0.2, 0.25) is 0 Å². The zero-order valence-corrected chi connectivity index (χ0v) is 21.9. The van der Waals surface area contributed by atoms with Crippen LogP contribution in [0.3, 0.4) is 0 Å². The molecule has 0 radical (unpaired) electrons. The molecule has 3 aliphatic carbocycles. The number of primary amides is 1. The maximum Gasteiger partial charge on any atom is 0.308 e. The van der Waals surface area contributed by atoms with Crippen LogP contribution < -0.4 is 28.4 Å². The van der Waals surface area contributed by atoms with Gasteiger partial charge in [-0.1, -0.05) is 6.07 Å². The van der Waals surface area contributed by atoms with Gasteiger partial charge in [-0.05, 0) is 31.2 Å². The maximum atomic E-state index is 14.5. The van der Waals surface area contributed by atoms with Gasteiger partial charge in [0.15, 0.2) is 45.9 Å². The van der Waals surface area contributed by atoms with E-state index in [-0.39, 0.29) is 11.3 Å². The molecule has 3 aliphatic rings. The van der Waals surface area contributed by atoms with E-state index in [9.17, 15) is 39.1 Å². The topological polar surface area (TPSA) is 303 Å². The number of phenols is 1. The molecule has 1 aromatic rings. The number of diazo groups is 1. The number of nitrogens with one attached hydrogen (secondary N) is 1. The Labute approximate surface area is 231 Å². The fourth-order valence-corrected chi connectivity index (χ4v) is 6.74. The van der Waals surface area contributed by atoms with Gasteiger partial charge in [0.25, 0.3) is 5.39 Å². The molecule has 2 saturated carbocycles. The van der Waals surface area contributed by atoms with Gasteiger partial charge in [-0.2, -0.15) is 5.26 Å². The summed E-state index contributed by atoms with van der Waals surface area (Å²) in [4.78, 5) is 82.0. The average Bonchev–Trinajstić information content (AvgIpc) is 2.86. The Morgan fingerprint density at radius 2 is 1.78 bits per heavy atom. The molecule has 0 bridgehead atoms. The first kappa shape index (κ1) is 29.2. The van der Waals surface area contributed by atoms with Gasteiger partial charge >= 0.3 is 11.1 Å². The zero-order chi connectivity index (χ0) is 31.0. The Morgan fingerprint density at radius 3 is 2.27 bits per heavy atom. The number of nitriles is 1. The molecule has 1 amide bonds. The third-order valence-corrected chi connectivity index (χ3v) is 8.32. The lowest BCUT2D eigenvalue weighted by Gasteiger charge is -2.64. The number of ketones is 4. The van der Waals surface area contributed by atoms with Crippen LogP contribution in [-0.4, -0.2) is 82.3 Å². The van der Waals surface area contributed by atoms with E-state index in [4.69, 9.17) is 33.1 Å². The van der Waals surface area contributed by atoms with Crippen LogP contribution in [-0.2, 0) is 28.7 Å². The van der Waals surface area contributed by atoms with Crippen molar-refractivity contribution < 1.29 is 38.6 Å². The minimum Gasteiger partial charge on any atom is -0.505 e.